The van der Waals surface area contributed by atoms with Crippen molar-refractivity contribution in [1.82, 2.24) is 5.32 Å². The maximum Gasteiger partial charge on any atom is 0.150 e. The number of ketones is 1. The number of aryl methyl sites for hydroxylation is 1. The Labute approximate surface area is 118 Å². The monoisotopic (exact) mass is 277 g/mol. The van der Waals surface area contributed by atoms with E-state index in [-0.39, 0.29) is 6.04 Å². The molecule has 1 N–H and O–H groups in total. The Kier molecular flexibility index (Phi) is 4.09. The molecule has 0 saturated carbocycles. The first-order valence-corrected chi connectivity index (χ1v) is 8.07. The van der Waals surface area contributed by atoms with E-state index >= 15 is 0 Å². The molecule has 2 aliphatic rings. The second kappa shape index (κ2) is 5.97. The van der Waals surface area contributed by atoms with E-state index < -0.39 is 0 Å². The van der Waals surface area contributed by atoms with Gasteiger partial charge in [0.1, 0.15) is 5.75 Å². The van der Waals surface area contributed by atoms with Crippen LogP contribution in [-0.2, 0) is 17.6 Å². The van der Waals surface area contributed by atoms with Gasteiger partial charge in [0.25, 0.3) is 0 Å². The second-order valence-corrected chi connectivity index (χ2v) is 6.24. The van der Waals surface area contributed by atoms with Crippen LogP contribution in [0.4, 0.5) is 0 Å². The largest absolute Gasteiger partial charge is 0.493 e. The summed E-state index contributed by atoms with van der Waals surface area (Å²) in [6.07, 6.45) is 2.48. The van der Waals surface area contributed by atoms with Crippen LogP contribution in [0, 0.1) is 0 Å². The van der Waals surface area contributed by atoms with Crippen LogP contribution in [0.3, 0.4) is 0 Å². The van der Waals surface area contributed by atoms with Gasteiger partial charge >= 0.3 is 0 Å². The molecule has 1 aromatic carbocycles. The van der Waals surface area contributed by atoms with Gasteiger partial charge in [-0.15, -0.1) is 0 Å². The Bertz CT molecular complexity index is 469. The van der Waals surface area contributed by atoms with Gasteiger partial charge in [0.05, 0.1) is 12.6 Å². The van der Waals surface area contributed by atoms with Crippen molar-refractivity contribution in [3.05, 3.63) is 29.3 Å². The topological polar surface area (TPSA) is 38.3 Å². The first-order valence-electron chi connectivity index (χ1n) is 6.91. The van der Waals surface area contributed by atoms with E-state index in [1.165, 1.54) is 11.1 Å². The van der Waals surface area contributed by atoms with Crippen molar-refractivity contribution in [3.63, 3.8) is 0 Å². The average Bonchev–Trinajstić information content (AvgIpc) is 2.93. The van der Waals surface area contributed by atoms with Gasteiger partial charge in [-0.1, -0.05) is 12.1 Å². The van der Waals surface area contributed by atoms with Gasteiger partial charge < -0.3 is 10.1 Å². The van der Waals surface area contributed by atoms with Crippen molar-refractivity contribution in [2.45, 2.75) is 25.3 Å². The van der Waals surface area contributed by atoms with Gasteiger partial charge in [0, 0.05) is 30.9 Å². The molecule has 0 radical (unpaired) electrons. The quantitative estimate of drug-likeness (QED) is 0.911. The van der Waals surface area contributed by atoms with Gasteiger partial charge in [0.2, 0.25) is 0 Å². The first kappa shape index (κ1) is 13.0. The Morgan fingerprint density at radius 1 is 1.47 bits per heavy atom. The number of hydrogen-bond donors (Lipinski definition) is 1. The van der Waals surface area contributed by atoms with Gasteiger partial charge in [-0.05, 0) is 23.6 Å². The summed E-state index contributed by atoms with van der Waals surface area (Å²) in [5.74, 6) is 3.41. The molecule has 1 atom stereocenters. The lowest BCUT2D eigenvalue weighted by atomic mass is 10.0. The summed E-state index contributed by atoms with van der Waals surface area (Å²) in [6.45, 7) is 1.75. The summed E-state index contributed by atoms with van der Waals surface area (Å²) >= 11 is 1.87. The second-order valence-electron chi connectivity index (χ2n) is 5.09. The zero-order chi connectivity index (χ0) is 13.1. The highest BCUT2D eigenvalue weighted by atomic mass is 32.2. The van der Waals surface area contributed by atoms with Crippen LogP contribution < -0.4 is 10.1 Å². The van der Waals surface area contributed by atoms with Crippen molar-refractivity contribution >= 4 is 17.5 Å². The van der Waals surface area contributed by atoms with E-state index in [4.69, 9.17) is 4.74 Å². The molecule has 2 heterocycles. The lowest BCUT2D eigenvalue weighted by Gasteiger charge is -2.21. The summed E-state index contributed by atoms with van der Waals surface area (Å²) in [5, 5.41) is 3.31. The van der Waals surface area contributed by atoms with E-state index in [2.05, 4.69) is 17.4 Å². The number of hydrogen-bond acceptors (Lipinski definition) is 4. The maximum atomic E-state index is 12.1. The minimum atomic E-state index is 0.0662. The summed E-state index contributed by atoms with van der Waals surface area (Å²) in [5.41, 5.74) is 2.54. The smallest absolute Gasteiger partial charge is 0.150 e. The number of thioether (sulfide) groups is 1. The fourth-order valence-corrected chi connectivity index (χ4v) is 3.58. The number of ether oxygens (including phenoxy) is 1. The SMILES string of the molecule is O=C(CCc1ccc2c(c1)CCO2)C1CSCCN1. The van der Waals surface area contributed by atoms with Crippen LogP contribution in [-0.4, -0.2) is 36.5 Å². The Hall–Kier alpha value is -1.00. The van der Waals surface area contributed by atoms with E-state index in [0.717, 1.165) is 43.2 Å². The Balaban J connectivity index is 1.55. The van der Waals surface area contributed by atoms with E-state index in [9.17, 15) is 4.79 Å². The molecule has 0 spiro atoms. The molecular weight excluding hydrogens is 258 g/mol. The number of carbonyl (C=O) groups is 1. The molecule has 0 aliphatic carbocycles. The molecule has 0 aromatic heterocycles. The van der Waals surface area contributed by atoms with Crippen LogP contribution >= 0.6 is 11.8 Å². The zero-order valence-corrected chi connectivity index (χ0v) is 11.8. The lowest BCUT2D eigenvalue weighted by molar-refractivity contribution is -0.120. The predicted octanol–water partition coefficient (Wildman–Crippen LogP) is 1.83. The minimum absolute atomic E-state index is 0.0662. The molecule has 102 valence electrons. The molecule has 1 aromatic rings. The van der Waals surface area contributed by atoms with Crippen molar-refractivity contribution in [2.24, 2.45) is 0 Å². The standard InChI is InChI=1S/C15H19NO2S/c17-14(13-10-19-8-6-16-13)3-1-11-2-4-15-12(9-11)5-7-18-15/h2,4,9,13,16H,1,3,5-8,10H2. The van der Waals surface area contributed by atoms with Crippen LogP contribution in [0.5, 0.6) is 5.75 Å². The molecule has 0 bridgehead atoms. The molecular formula is C15H19NO2S. The lowest BCUT2D eigenvalue weighted by Crippen LogP contribution is -2.43. The third-order valence-corrected chi connectivity index (χ3v) is 4.79. The van der Waals surface area contributed by atoms with Crippen molar-refractivity contribution in [2.75, 3.05) is 24.7 Å². The zero-order valence-electron chi connectivity index (χ0n) is 11.0. The molecule has 3 rings (SSSR count). The average molecular weight is 277 g/mol. The van der Waals surface area contributed by atoms with Crippen LogP contribution in [0.1, 0.15) is 17.5 Å². The summed E-state index contributed by atoms with van der Waals surface area (Å²) < 4.78 is 5.49. The summed E-state index contributed by atoms with van der Waals surface area (Å²) in [7, 11) is 0. The molecule has 3 nitrogen and oxygen atoms in total. The number of carbonyl (C=O) groups excluding carboxylic acids is 1. The number of rotatable bonds is 4. The van der Waals surface area contributed by atoms with Crippen molar-refractivity contribution < 1.29 is 9.53 Å². The maximum absolute atomic E-state index is 12.1. The van der Waals surface area contributed by atoms with E-state index in [1.54, 1.807) is 0 Å². The summed E-state index contributed by atoms with van der Waals surface area (Å²) in [6, 6.07) is 6.38. The highest BCUT2D eigenvalue weighted by molar-refractivity contribution is 7.99. The molecule has 1 fully saturated rings. The van der Waals surface area contributed by atoms with Gasteiger partial charge in [-0.25, -0.2) is 0 Å². The van der Waals surface area contributed by atoms with Crippen LogP contribution in [0.25, 0.3) is 0 Å². The molecule has 1 saturated heterocycles. The van der Waals surface area contributed by atoms with Crippen LogP contribution in [0.2, 0.25) is 0 Å². The third-order valence-electron chi connectivity index (χ3n) is 3.72. The normalized spacial score (nSPS) is 21.8. The molecule has 1 unspecified atom stereocenters. The Morgan fingerprint density at radius 3 is 3.26 bits per heavy atom. The minimum Gasteiger partial charge on any atom is -0.493 e. The highest BCUT2D eigenvalue weighted by Crippen LogP contribution is 2.26. The fourth-order valence-electron chi connectivity index (χ4n) is 2.61. The summed E-state index contributed by atoms with van der Waals surface area (Å²) in [4.78, 5) is 12.1. The molecule has 2 aliphatic heterocycles. The van der Waals surface area contributed by atoms with Gasteiger partial charge in [-0.2, -0.15) is 11.8 Å². The van der Waals surface area contributed by atoms with Crippen molar-refractivity contribution in [1.29, 1.82) is 0 Å². The number of fused-ring (bicyclic) bond motifs is 1. The van der Waals surface area contributed by atoms with Gasteiger partial charge in [-0.3, -0.25) is 4.79 Å². The number of benzene rings is 1. The van der Waals surface area contributed by atoms with Crippen molar-refractivity contribution in [3.8, 4) is 5.75 Å². The highest BCUT2D eigenvalue weighted by Gasteiger charge is 2.20. The number of nitrogens with one attached hydrogen (secondary N) is 1. The van der Waals surface area contributed by atoms with E-state index in [0.29, 0.717) is 12.2 Å². The van der Waals surface area contributed by atoms with Gasteiger partial charge in [0.15, 0.2) is 5.78 Å². The third kappa shape index (κ3) is 3.12. The number of Topliss-reactive ketones (excluding diaryl/α,β-unsaturated/α-hetero) is 1. The first-order chi connectivity index (χ1) is 9.33. The molecule has 0 amide bonds. The fraction of sp³-hybridized carbons (Fsp3) is 0.533. The van der Waals surface area contributed by atoms with Crippen LogP contribution in [0.15, 0.2) is 18.2 Å². The molecule has 19 heavy (non-hydrogen) atoms. The van der Waals surface area contributed by atoms with E-state index in [1.807, 2.05) is 17.8 Å². The molecule has 4 heteroatoms. The Morgan fingerprint density at radius 2 is 2.42 bits per heavy atom. The predicted molar refractivity (Wildman–Crippen MR) is 78.1 cm³/mol.